The molecule has 2 aromatic rings. The Bertz CT molecular complexity index is 720. The smallest absolute Gasteiger partial charge is 0.422 e. The van der Waals surface area contributed by atoms with Crippen LogP contribution in [0.25, 0.3) is 0 Å². The largest absolute Gasteiger partial charge is 0.468 e. The van der Waals surface area contributed by atoms with Gasteiger partial charge in [0.25, 0.3) is 0 Å². The lowest BCUT2D eigenvalue weighted by molar-refractivity contribution is -0.154. The van der Waals surface area contributed by atoms with Gasteiger partial charge in [-0.3, -0.25) is 4.79 Å². The lowest BCUT2D eigenvalue weighted by atomic mass is 10.2. The number of aromatic nitrogens is 1. The maximum Gasteiger partial charge on any atom is 0.422 e. The van der Waals surface area contributed by atoms with Crippen LogP contribution in [-0.2, 0) is 4.79 Å². The van der Waals surface area contributed by atoms with Gasteiger partial charge in [-0.1, -0.05) is 6.07 Å². The van der Waals surface area contributed by atoms with Crippen LogP contribution < -0.4 is 15.4 Å². The summed E-state index contributed by atoms with van der Waals surface area (Å²) in [7, 11) is 0. The first-order chi connectivity index (χ1) is 11.7. The van der Waals surface area contributed by atoms with Gasteiger partial charge >= 0.3 is 6.18 Å². The lowest BCUT2D eigenvalue weighted by Gasteiger charge is -2.15. The molecule has 0 aliphatic heterocycles. The van der Waals surface area contributed by atoms with Gasteiger partial charge in [-0.25, -0.2) is 9.37 Å². The zero-order chi connectivity index (χ0) is 18.4. The third kappa shape index (κ3) is 6.28. The number of ether oxygens (including phenoxy) is 1. The van der Waals surface area contributed by atoms with Crippen molar-refractivity contribution in [3.63, 3.8) is 0 Å². The summed E-state index contributed by atoms with van der Waals surface area (Å²) < 4.78 is 53.7. The predicted molar refractivity (Wildman–Crippen MR) is 83.9 cm³/mol. The van der Waals surface area contributed by atoms with Crippen molar-refractivity contribution >= 4 is 17.3 Å². The standard InChI is InChI=1S/C16H15F4N3O2/c1-10(15(24)23-12-4-2-3-11(17)7-12)22-13-5-6-14(21-8-13)25-9-16(18,19)20/h2-8,10,22H,9H2,1H3,(H,23,24). The van der Waals surface area contributed by atoms with Gasteiger partial charge in [-0.15, -0.1) is 0 Å². The normalized spacial score (nSPS) is 12.4. The molecule has 2 N–H and O–H groups in total. The third-order valence-electron chi connectivity index (χ3n) is 2.99. The number of alkyl halides is 3. The predicted octanol–water partition coefficient (Wildman–Crippen LogP) is 3.60. The van der Waals surface area contributed by atoms with Crippen LogP contribution in [0.15, 0.2) is 42.6 Å². The Labute approximate surface area is 141 Å². The Morgan fingerprint density at radius 3 is 2.60 bits per heavy atom. The molecular weight excluding hydrogens is 342 g/mol. The van der Waals surface area contributed by atoms with Crippen LogP contribution in [0, 0.1) is 5.82 Å². The van der Waals surface area contributed by atoms with E-state index in [1.165, 1.54) is 36.5 Å². The fourth-order valence-electron chi connectivity index (χ4n) is 1.84. The van der Waals surface area contributed by atoms with E-state index in [0.717, 1.165) is 0 Å². The van der Waals surface area contributed by atoms with Crippen molar-refractivity contribution < 1.29 is 27.1 Å². The minimum absolute atomic E-state index is 0.181. The van der Waals surface area contributed by atoms with Crippen molar-refractivity contribution in [1.29, 1.82) is 0 Å². The molecule has 1 atom stereocenters. The van der Waals surface area contributed by atoms with Crippen LogP contribution in [0.4, 0.5) is 28.9 Å². The van der Waals surface area contributed by atoms with Crippen LogP contribution in [-0.4, -0.2) is 29.7 Å². The Morgan fingerprint density at radius 1 is 1.24 bits per heavy atom. The molecule has 1 aromatic carbocycles. The molecular formula is C16H15F4N3O2. The monoisotopic (exact) mass is 357 g/mol. The van der Waals surface area contributed by atoms with Crippen LogP contribution in [0.5, 0.6) is 5.88 Å². The third-order valence-corrected chi connectivity index (χ3v) is 2.99. The van der Waals surface area contributed by atoms with Crippen molar-refractivity contribution in [3.05, 3.63) is 48.4 Å². The second-order valence-electron chi connectivity index (χ2n) is 5.15. The summed E-state index contributed by atoms with van der Waals surface area (Å²) in [5.74, 6) is -1.07. The van der Waals surface area contributed by atoms with E-state index in [1.54, 1.807) is 13.0 Å². The molecule has 9 heteroatoms. The molecule has 1 amide bonds. The molecule has 0 saturated heterocycles. The summed E-state index contributed by atoms with van der Waals surface area (Å²) in [4.78, 5) is 15.8. The van der Waals surface area contributed by atoms with Crippen molar-refractivity contribution in [1.82, 2.24) is 4.98 Å². The minimum atomic E-state index is -4.44. The SMILES string of the molecule is CC(Nc1ccc(OCC(F)(F)F)nc1)C(=O)Nc1cccc(F)c1. The second-order valence-corrected chi connectivity index (χ2v) is 5.15. The van der Waals surface area contributed by atoms with E-state index in [9.17, 15) is 22.4 Å². The number of hydrogen-bond acceptors (Lipinski definition) is 4. The van der Waals surface area contributed by atoms with Crippen LogP contribution in [0.2, 0.25) is 0 Å². The Kier molecular flexibility index (Phi) is 5.79. The molecule has 25 heavy (non-hydrogen) atoms. The number of hydrogen-bond donors (Lipinski definition) is 2. The first-order valence-electron chi connectivity index (χ1n) is 7.21. The number of carbonyl (C=O) groups excluding carboxylic acids is 1. The lowest BCUT2D eigenvalue weighted by Crippen LogP contribution is -2.31. The number of pyridine rings is 1. The molecule has 1 heterocycles. The highest BCUT2D eigenvalue weighted by Crippen LogP contribution is 2.18. The average Bonchev–Trinajstić information content (AvgIpc) is 2.53. The number of nitrogens with zero attached hydrogens (tertiary/aromatic N) is 1. The first-order valence-corrected chi connectivity index (χ1v) is 7.21. The zero-order valence-electron chi connectivity index (χ0n) is 13.1. The molecule has 0 radical (unpaired) electrons. The zero-order valence-corrected chi connectivity index (χ0v) is 13.1. The van der Waals surface area contributed by atoms with Gasteiger partial charge in [-0.2, -0.15) is 13.2 Å². The van der Waals surface area contributed by atoms with Gasteiger partial charge in [0.15, 0.2) is 6.61 Å². The summed E-state index contributed by atoms with van der Waals surface area (Å²) >= 11 is 0. The van der Waals surface area contributed by atoms with E-state index in [0.29, 0.717) is 11.4 Å². The summed E-state index contributed by atoms with van der Waals surface area (Å²) in [6.07, 6.45) is -3.19. The summed E-state index contributed by atoms with van der Waals surface area (Å²) in [5, 5.41) is 5.37. The van der Waals surface area contributed by atoms with Gasteiger partial charge in [0, 0.05) is 11.8 Å². The molecule has 0 fully saturated rings. The highest BCUT2D eigenvalue weighted by Gasteiger charge is 2.28. The fourth-order valence-corrected chi connectivity index (χ4v) is 1.84. The molecule has 134 valence electrons. The van der Waals surface area contributed by atoms with Crippen LogP contribution >= 0.6 is 0 Å². The molecule has 2 rings (SSSR count). The van der Waals surface area contributed by atoms with Crippen molar-refractivity contribution in [2.24, 2.45) is 0 Å². The highest BCUT2D eigenvalue weighted by atomic mass is 19.4. The van der Waals surface area contributed by atoms with E-state index >= 15 is 0 Å². The number of amides is 1. The second kappa shape index (κ2) is 7.82. The molecule has 0 bridgehead atoms. The molecule has 0 aliphatic rings. The van der Waals surface area contributed by atoms with E-state index in [2.05, 4.69) is 20.4 Å². The fraction of sp³-hybridized carbons (Fsp3) is 0.250. The quantitative estimate of drug-likeness (QED) is 0.776. The minimum Gasteiger partial charge on any atom is -0.468 e. The number of anilines is 2. The van der Waals surface area contributed by atoms with Gasteiger partial charge in [0.2, 0.25) is 11.8 Å². The molecule has 5 nitrogen and oxygen atoms in total. The van der Waals surface area contributed by atoms with Crippen LogP contribution in [0.3, 0.4) is 0 Å². The maximum absolute atomic E-state index is 13.1. The number of benzene rings is 1. The van der Waals surface area contributed by atoms with Gasteiger partial charge in [0.05, 0.1) is 11.9 Å². The molecule has 0 spiro atoms. The van der Waals surface area contributed by atoms with E-state index < -0.39 is 30.5 Å². The van der Waals surface area contributed by atoms with Gasteiger partial charge < -0.3 is 15.4 Å². The van der Waals surface area contributed by atoms with E-state index in [1.807, 2.05) is 0 Å². The Balaban J connectivity index is 1.89. The molecule has 1 aromatic heterocycles. The van der Waals surface area contributed by atoms with E-state index in [4.69, 9.17) is 0 Å². The molecule has 1 unspecified atom stereocenters. The molecule has 0 saturated carbocycles. The van der Waals surface area contributed by atoms with Crippen molar-refractivity contribution in [2.75, 3.05) is 17.2 Å². The van der Waals surface area contributed by atoms with Crippen molar-refractivity contribution in [3.8, 4) is 5.88 Å². The van der Waals surface area contributed by atoms with Gasteiger partial charge in [0.1, 0.15) is 11.9 Å². The highest BCUT2D eigenvalue weighted by molar-refractivity contribution is 5.96. The summed E-state index contributed by atoms with van der Waals surface area (Å²) in [5.41, 5.74) is 0.730. The van der Waals surface area contributed by atoms with E-state index in [-0.39, 0.29) is 5.88 Å². The Morgan fingerprint density at radius 2 is 2.00 bits per heavy atom. The maximum atomic E-state index is 13.1. The van der Waals surface area contributed by atoms with Crippen LogP contribution in [0.1, 0.15) is 6.92 Å². The number of nitrogens with one attached hydrogen (secondary N) is 2. The number of halogens is 4. The van der Waals surface area contributed by atoms with Gasteiger partial charge in [-0.05, 0) is 31.2 Å². The topological polar surface area (TPSA) is 63.2 Å². The summed E-state index contributed by atoms with van der Waals surface area (Å²) in [6, 6.07) is 7.45. The first kappa shape index (κ1) is 18.5. The number of carbonyl (C=O) groups is 1. The Hall–Kier alpha value is -2.84. The number of rotatable bonds is 6. The summed E-state index contributed by atoms with van der Waals surface area (Å²) in [6.45, 7) is 0.141. The molecule has 0 aliphatic carbocycles. The van der Waals surface area contributed by atoms with Crippen molar-refractivity contribution in [2.45, 2.75) is 19.1 Å². The average molecular weight is 357 g/mol.